The summed E-state index contributed by atoms with van der Waals surface area (Å²) in [5.74, 6) is 1.63. The molecular formula is C16H35IN4O2. The van der Waals surface area contributed by atoms with E-state index in [1.165, 1.54) is 32.5 Å². The van der Waals surface area contributed by atoms with Crippen molar-refractivity contribution in [3.63, 3.8) is 0 Å². The van der Waals surface area contributed by atoms with Crippen LogP contribution in [0.4, 0.5) is 0 Å². The molecule has 2 N–H and O–H groups in total. The molecule has 0 amide bonds. The topological polar surface area (TPSA) is 58.1 Å². The molecule has 23 heavy (non-hydrogen) atoms. The van der Waals surface area contributed by atoms with Crippen LogP contribution in [0.1, 0.15) is 26.2 Å². The minimum atomic E-state index is 0. The van der Waals surface area contributed by atoms with Crippen LogP contribution in [0.5, 0.6) is 0 Å². The highest BCUT2D eigenvalue weighted by molar-refractivity contribution is 14.0. The molecule has 1 heterocycles. The summed E-state index contributed by atoms with van der Waals surface area (Å²) in [4.78, 5) is 6.83. The quantitative estimate of drug-likeness (QED) is 0.220. The van der Waals surface area contributed by atoms with Crippen molar-refractivity contribution >= 4 is 29.9 Å². The average Bonchev–Trinajstić information content (AvgIpc) is 2.97. The first-order valence-electron chi connectivity index (χ1n) is 8.53. The predicted molar refractivity (Wildman–Crippen MR) is 107 cm³/mol. The van der Waals surface area contributed by atoms with Crippen LogP contribution in [0, 0.1) is 5.92 Å². The van der Waals surface area contributed by atoms with Gasteiger partial charge in [0.1, 0.15) is 0 Å². The number of ether oxygens (including phenoxy) is 2. The highest BCUT2D eigenvalue weighted by Gasteiger charge is 2.21. The van der Waals surface area contributed by atoms with Gasteiger partial charge in [0.15, 0.2) is 5.96 Å². The van der Waals surface area contributed by atoms with Crippen molar-refractivity contribution in [1.29, 1.82) is 0 Å². The molecule has 0 spiro atoms. The lowest BCUT2D eigenvalue weighted by atomic mass is 10.1. The van der Waals surface area contributed by atoms with Crippen LogP contribution < -0.4 is 10.6 Å². The summed E-state index contributed by atoms with van der Waals surface area (Å²) < 4.78 is 10.4. The first-order valence-corrected chi connectivity index (χ1v) is 8.53. The summed E-state index contributed by atoms with van der Waals surface area (Å²) in [5.41, 5.74) is 0. The van der Waals surface area contributed by atoms with E-state index in [1.807, 2.05) is 7.05 Å². The summed E-state index contributed by atoms with van der Waals surface area (Å²) in [6.07, 6.45) is 3.51. The van der Waals surface area contributed by atoms with Gasteiger partial charge >= 0.3 is 0 Å². The number of hydrogen-bond acceptors (Lipinski definition) is 4. The minimum absolute atomic E-state index is 0. The lowest BCUT2D eigenvalue weighted by molar-refractivity contribution is 0.0698. The zero-order valence-electron chi connectivity index (χ0n) is 15.0. The van der Waals surface area contributed by atoms with Crippen LogP contribution in [0.25, 0.3) is 0 Å². The molecule has 0 saturated carbocycles. The monoisotopic (exact) mass is 442 g/mol. The Morgan fingerprint density at radius 1 is 1.26 bits per heavy atom. The Kier molecular flexibility index (Phi) is 15.3. The van der Waals surface area contributed by atoms with Crippen molar-refractivity contribution in [1.82, 2.24) is 15.5 Å². The molecule has 0 aromatic heterocycles. The first-order chi connectivity index (χ1) is 10.8. The van der Waals surface area contributed by atoms with Crippen molar-refractivity contribution in [2.24, 2.45) is 10.9 Å². The van der Waals surface area contributed by atoms with Gasteiger partial charge in [-0.25, -0.2) is 0 Å². The molecule has 1 saturated heterocycles. The number of rotatable bonds is 11. The number of methoxy groups -OCH3 is 1. The van der Waals surface area contributed by atoms with Crippen molar-refractivity contribution in [3.8, 4) is 0 Å². The predicted octanol–water partition coefficient (Wildman–Crippen LogP) is 1.55. The fourth-order valence-corrected chi connectivity index (χ4v) is 2.69. The molecule has 0 aromatic rings. The molecule has 1 rings (SSSR count). The molecular weight excluding hydrogens is 407 g/mol. The molecule has 1 unspecified atom stereocenters. The van der Waals surface area contributed by atoms with E-state index in [2.05, 4.69) is 27.4 Å². The van der Waals surface area contributed by atoms with Gasteiger partial charge in [-0.05, 0) is 38.3 Å². The highest BCUT2D eigenvalue weighted by atomic mass is 127. The number of likely N-dealkylation sites (tertiary alicyclic amines) is 1. The Hall–Kier alpha value is -0.120. The van der Waals surface area contributed by atoms with E-state index in [0.717, 1.165) is 38.0 Å². The zero-order valence-corrected chi connectivity index (χ0v) is 17.3. The molecule has 1 aliphatic rings. The smallest absolute Gasteiger partial charge is 0.190 e. The van der Waals surface area contributed by atoms with Crippen LogP contribution in [0.2, 0.25) is 0 Å². The van der Waals surface area contributed by atoms with Crippen molar-refractivity contribution in [2.75, 3.05) is 66.7 Å². The molecule has 1 fully saturated rings. The third-order valence-electron chi connectivity index (χ3n) is 3.88. The fraction of sp³-hybridized carbons (Fsp3) is 0.938. The van der Waals surface area contributed by atoms with E-state index in [1.54, 1.807) is 7.11 Å². The maximum atomic E-state index is 5.43. The van der Waals surface area contributed by atoms with Gasteiger partial charge in [-0.15, -0.1) is 24.0 Å². The summed E-state index contributed by atoms with van der Waals surface area (Å²) in [6.45, 7) is 9.89. The number of hydrogen-bond donors (Lipinski definition) is 2. The van der Waals surface area contributed by atoms with Crippen molar-refractivity contribution < 1.29 is 9.47 Å². The van der Waals surface area contributed by atoms with Crippen molar-refractivity contribution in [2.45, 2.75) is 26.2 Å². The third kappa shape index (κ3) is 11.1. The molecule has 0 radical (unpaired) electrons. The summed E-state index contributed by atoms with van der Waals surface area (Å²) in [6, 6.07) is 0. The van der Waals surface area contributed by atoms with Crippen LogP contribution in [-0.4, -0.2) is 77.6 Å². The van der Waals surface area contributed by atoms with Gasteiger partial charge in [-0.1, -0.05) is 6.92 Å². The molecule has 0 aromatic carbocycles. The number of nitrogens with zero attached hydrogens (tertiary/aromatic N) is 2. The second-order valence-electron chi connectivity index (χ2n) is 5.79. The summed E-state index contributed by atoms with van der Waals surface area (Å²) in [5, 5.41) is 6.77. The zero-order chi connectivity index (χ0) is 16.0. The van der Waals surface area contributed by atoms with Crippen molar-refractivity contribution in [3.05, 3.63) is 0 Å². The molecule has 138 valence electrons. The van der Waals surface area contributed by atoms with Gasteiger partial charge < -0.3 is 25.0 Å². The standard InChI is InChI=1S/C16H34N4O2.HI/c1-4-8-20-9-6-15(14-20)13-19-16(17-2)18-7-5-10-22-12-11-21-3;/h15H,4-14H2,1-3H3,(H2,17,18,19);1H. The van der Waals surface area contributed by atoms with Crippen LogP contribution in [0.15, 0.2) is 4.99 Å². The molecule has 7 heteroatoms. The van der Waals surface area contributed by atoms with E-state index in [4.69, 9.17) is 9.47 Å². The highest BCUT2D eigenvalue weighted by Crippen LogP contribution is 2.15. The lowest BCUT2D eigenvalue weighted by Crippen LogP contribution is -2.40. The maximum absolute atomic E-state index is 5.43. The lowest BCUT2D eigenvalue weighted by Gasteiger charge is -2.17. The SMILES string of the molecule is CCCN1CCC(CNC(=NC)NCCCOCCOC)C1.I. The summed E-state index contributed by atoms with van der Waals surface area (Å²) in [7, 11) is 3.51. The van der Waals surface area contributed by atoms with Gasteiger partial charge in [0, 0.05) is 40.4 Å². The largest absolute Gasteiger partial charge is 0.382 e. The molecule has 0 bridgehead atoms. The molecule has 1 aliphatic heterocycles. The van der Waals surface area contributed by atoms with E-state index < -0.39 is 0 Å². The molecule has 1 atom stereocenters. The fourth-order valence-electron chi connectivity index (χ4n) is 2.69. The van der Waals surface area contributed by atoms with Crippen LogP contribution in [0.3, 0.4) is 0 Å². The summed E-state index contributed by atoms with van der Waals surface area (Å²) >= 11 is 0. The Bertz CT molecular complexity index is 306. The van der Waals surface area contributed by atoms with E-state index in [-0.39, 0.29) is 24.0 Å². The third-order valence-corrected chi connectivity index (χ3v) is 3.88. The maximum Gasteiger partial charge on any atom is 0.190 e. The Morgan fingerprint density at radius 3 is 2.78 bits per heavy atom. The van der Waals surface area contributed by atoms with Gasteiger partial charge in [0.05, 0.1) is 13.2 Å². The average molecular weight is 442 g/mol. The van der Waals surface area contributed by atoms with Gasteiger partial charge in [-0.2, -0.15) is 0 Å². The number of nitrogens with one attached hydrogen (secondary N) is 2. The Morgan fingerprint density at radius 2 is 2.09 bits per heavy atom. The first kappa shape index (κ1) is 22.9. The Balaban J connectivity index is 0.00000484. The van der Waals surface area contributed by atoms with Gasteiger partial charge in [-0.3, -0.25) is 4.99 Å². The normalized spacial score (nSPS) is 18.7. The van der Waals surface area contributed by atoms with E-state index in [0.29, 0.717) is 13.2 Å². The minimum Gasteiger partial charge on any atom is -0.382 e. The van der Waals surface area contributed by atoms with Crippen LogP contribution >= 0.6 is 24.0 Å². The Labute approximate surface area is 158 Å². The van der Waals surface area contributed by atoms with Gasteiger partial charge in [0.2, 0.25) is 0 Å². The molecule has 0 aliphatic carbocycles. The number of guanidine groups is 1. The number of halogens is 1. The molecule has 6 nitrogen and oxygen atoms in total. The van der Waals surface area contributed by atoms with E-state index >= 15 is 0 Å². The van der Waals surface area contributed by atoms with Gasteiger partial charge in [0.25, 0.3) is 0 Å². The van der Waals surface area contributed by atoms with Crippen LogP contribution in [-0.2, 0) is 9.47 Å². The van der Waals surface area contributed by atoms with E-state index in [9.17, 15) is 0 Å². The second-order valence-corrected chi connectivity index (χ2v) is 5.79. The number of aliphatic imine (C=N–C) groups is 1. The second kappa shape index (κ2) is 15.4.